The molecule has 2 unspecified atom stereocenters. The molecule has 0 aromatic carbocycles. The molecule has 1 heteroatoms. The van der Waals surface area contributed by atoms with E-state index in [-0.39, 0.29) is 6.10 Å². The van der Waals surface area contributed by atoms with E-state index in [4.69, 9.17) is 0 Å². The highest BCUT2D eigenvalue weighted by molar-refractivity contribution is 4.66. The molecule has 0 spiro atoms. The second-order valence-electron chi connectivity index (χ2n) is 4.40. The minimum atomic E-state index is -0.142. The number of hydrogen-bond donors (Lipinski definition) is 1. The molecule has 0 saturated carbocycles. The lowest BCUT2D eigenvalue weighted by molar-refractivity contribution is 0.116. The summed E-state index contributed by atoms with van der Waals surface area (Å²) in [4.78, 5) is 0. The Balaban J connectivity index is 3.78. The van der Waals surface area contributed by atoms with Crippen molar-refractivity contribution in [2.24, 2.45) is 11.8 Å². The smallest absolute Gasteiger partial charge is 0.0537 e. The Kier molecular flexibility index (Phi) is 7.35. The molecule has 0 fully saturated rings. The van der Waals surface area contributed by atoms with Crippen molar-refractivity contribution in [3.63, 3.8) is 0 Å². The summed E-state index contributed by atoms with van der Waals surface area (Å²) >= 11 is 0. The van der Waals surface area contributed by atoms with Crippen molar-refractivity contribution in [3.8, 4) is 0 Å². The monoisotopic (exact) mass is 186 g/mol. The van der Waals surface area contributed by atoms with Gasteiger partial charge < -0.3 is 5.11 Å². The standard InChI is InChI=1S/C12H26O/c1-5-7-12(8-6-2)9-10(3)11(4)13/h10-13H,5-9H2,1-4H3. The Morgan fingerprint density at radius 2 is 1.46 bits per heavy atom. The summed E-state index contributed by atoms with van der Waals surface area (Å²) in [5.41, 5.74) is 0. The van der Waals surface area contributed by atoms with Crippen LogP contribution in [0, 0.1) is 11.8 Å². The third kappa shape index (κ3) is 6.09. The predicted octanol–water partition coefficient (Wildman–Crippen LogP) is 3.61. The Labute approximate surface area is 83.5 Å². The van der Waals surface area contributed by atoms with E-state index in [9.17, 15) is 5.11 Å². The van der Waals surface area contributed by atoms with E-state index in [1.54, 1.807) is 0 Å². The first-order chi connectivity index (χ1) is 6.11. The Hall–Kier alpha value is -0.0400. The SMILES string of the molecule is CCCC(CCC)CC(C)C(C)O. The molecule has 0 rings (SSSR count). The van der Waals surface area contributed by atoms with Crippen LogP contribution in [0.15, 0.2) is 0 Å². The molecule has 0 heterocycles. The van der Waals surface area contributed by atoms with Gasteiger partial charge in [-0.25, -0.2) is 0 Å². The van der Waals surface area contributed by atoms with Gasteiger partial charge in [-0.3, -0.25) is 0 Å². The molecule has 0 aliphatic heterocycles. The molecule has 13 heavy (non-hydrogen) atoms. The van der Waals surface area contributed by atoms with Crippen LogP contribution in [0.25, 0.3) is 0 Å². The minimum Gasteiger partial charge on any atom is -0.393 e. The fraction of sp³-hybridized carbons (Fsp3) is 1.00. The van der Waals surface area contributed by atoms with Crippen LogP contribution in [0.3, 0.4) is 0 Å². The van der Waals surface area contributed by atoms with Crippen molar-refractivity contribution in [1.29, 1.82) is 0 Å². The summed E-state index contributed by atoms with van der Waals surface area (Å²) < 4.78 is 0. The summed E-state index contributed by atoms with van der Waals surface area (Å²) in [6, 6.07) is 0. The fourth-order valence-electron chi connectivity index (χ4n) is 1.92. The highest BCUT2D eigenvalue weighted by atomic mass is 16.3. The second kappa shape index (κ2) is 7.37. The van der Waals surface area contributed by atoms with Crippen molar-refractivity contribution < 1.29 is 5.11 Å². The van der Waals surface area contributed by atoms with Crippen LogP contribution in [-0.4, -0.2) is 11.2 Å². The molecule has 0 saturated heterocycles. The highest BCUT2D eigenvalue weighted by Crippen LogP contribution is 2.23. The molecule has 0 aromatic rings. The number of aliphatic hydroxyl groups excluding tert-OH is 1. The molecule has 0 aliphatic rings. The van der Waals surface area contributed by atoms with Gasteiger partial charge in [0.15, 0.2) is 0 Å². The average Bonchev–Trinajstić information content (AvgIpc) is 2.05. The van der Waals surface area contributed by atoms with Crippen molar-refractivity contribution in [1.82, 2.24) is 0 Å². The van der Waals surface area contributed by atoms with Crippen LogP contribution in [0.4, 0.5) is 0 Å². The quantitative estimate of drug-likeness (QED) is 0.644. The molecule has 80 valence electrons. The van der Waals surface area contributed by atoms with Gasteiger partial charge >= 0.3 is 0 Å². The molecule has 2 atom stereocenters. The maximum atomic E-state index is 9.41. The summed E-state index contributed by atoms with van der Waals surface area (Å²) in [6.45, 7) is 8.55. The van der Waals surface area contributed by atoms with Gasteiger partial charge in [-0.1, -0.05) is 46.5 Å². The minimum absolute atomic E-state index is 0.142. The zero-order valence-electron chi connectivity index (χ0n) is 9.71. The van der Waals surface area contributed by atoms with E-state index in [1.165, 1.54) is 32.1 Å². The van der Waals surface area contributed by atoms with E-state index < -0.39 is 0 Å². The number of hydrogen-bond acceptors (Lipinski definition) is 1. The number of rotatable bonds is 7. The molecular formula is C12H26O. The maximum Gasteiger partial charge on any atom is 0.0537 e. The van der Waals surface area contributed by atoms with Gasteiger partial charge in [-0.15, -0.1) is 0 Å². The first kappa shape index (κ1) is 13.0. The van der Waals surface area contributed by atoms with Gasteiger partial charge in [0.2, 0.25) is 0 Å². The summed E-state index contributed by atoms with van der Waals surface area (Å²) in [7, 11) is 0. The van der Waals surface area contributed by atoms with E-state index in [0.717, 1.165) is 5.92 Å². The molecule has 1 nitrogen and oxygen atoms in total. The van der Waals surface area contributed by atoms with Crippen molar-refractivity contribution in [2.75, 3.05) is 0 Å². The Bertz CT molecular complexity index is 104. The third-order valence-corrected chi connectivity index (χ3v) is 2.92. The Morgan fingerprint density at radius 3 is 1.77 bits per heavy atom. The average molecular weight is 186 g/mol. The van der Waals surface area contributed by atoms with Crippen LogP contribution in [0.2, 0.25) is 0 Å². The second-order valence-corrected chi connectivity index (χ2v) is 4.40. The molecule has 1 N–H and O–H groups in total. The molecule has 0 amide bonds. The van der Waals surface area contributed by atoms with Gasteiger partial charge in [-0.2, -0.15) is 0 Å². The summed E-state index contributed by atoms with van der Waals surface area (Å²) in [5.74, 6) is 1.29. The summed E-state index contributed by atoms with van der Waals surface area (Å²) in [6.07, 6.45) is 6.25. The Morgan fingerprint density at radius 1 is 1.00 bits per heavy atom. The molecule has 0 bridgehead atoms. The van der Waals surface area contributed by atoms with Crippen LogP contribution in [0.1, 0.15) is 59.8 Å². The topological polar surface area (TPSA) is 20.2 Å². The maximum absolute atomic E-state index is 9.41. The fourth-order valence-corrected chi connectivity index (χ4v) is 1.92. The first-order valence-corrected chi connectivity index (χ1v) is 5.79. The lowest BCUT2D eigenvalue weighted by atomic mass is 9.87. The zero-order chi connectivity index (χ0) is 10.3. The van der Waals surface area contributed by atoms with Gasteiger partial charge in [0.05, 0.1) is 6.10 Å². The van der Waals surface area contributed by atoms with E-state index in [1.807, 2.05) is 6.92 Å². The van der Waals surface area contributed by atoms with Crippen molar-refractivity contribution in [2.45, 2.75) is 65.9 Å². The van der Waals surface area contributed by atoms with Gasteiger partial charge in [0.1, 0.15) is 0 Å². The lowest BCUT2D eigenvalue weighted by Crippen LogP contribution is -2.17. The van der Waals surface area contributed by atoms with Crippen LogP contribution in [-0.2, 0) is 0 Å². The van der Waals surface area contributed by atoms with Gasteiger partial charge in [0, 0.05) is 0 Å². The molecule has 0 aliphatic carbocycles. The normalized spacial score (nSPS) is 16.2. The number of aliphatic hydroxyl groups is 1. The molecule has 0 radical (unpaired) electrons. The molecular weight excluding hydrogens is 160 g/mol. The van der Waals surface area contributed by atoms with Crippen molar-refractivity contribution >= 4 is 0 Å². The van der Waals surface area contributed by atoms with E-state index in [2.05, 4.69) is 20.8 Å². The molecule has 0 aromatic heterocycles. The van der Waals surface area contributed by atoms with Gasteiger partial charge in [-0.05, 0) is 25.2 Å². The highest BCUT2D eigenvalue weighted by Gasteiger charge is 2.15. The largest absolute Gasteiger partial charge is 0.393 e. The van der Waals surface area contributed by atoms with Gasteiger partial charge in [0.25, 0.3) is 0 Å². The summed E-state index contributed by atoms with van der Waals surface area (Å²) in [5, 5.41) is 9.41. The van der Waals surface area contributed by atoms with E-state index in [0.29, 0.717) is 5.92 Å². The van der Waals surface area contributed by atoms with Crippen LogP contribution in [0.5, 0.6) is 0 Å². The lowest BCUT2D eigenvalue weighted by Gasteiger charge is -2.21. The predicted molar refractivity (Wildman–Crippen MR) is 58.8 cm³/mol. The zero-order valence-corrected chi connectivity index (χ0v) is 9.71. The third-order valence-electron chi connectivity index (χ3n) is 2.92. The van der Waals surface area contributed by atoms with Crippen LogP contribution >= 0.6 is 0 Å². The first-order valence-electron chi connectivity index (χ1n) is 5.79. The van der Waals surface area contributed by atoms with Crippen molar-refractivity contribution in [3.05, 3.63) is 0 Å². The van der Waals surface area contributed by atoms with E-state index >= 15 is 0 Å². The van der Waals surface area contributed by atoms with Crippen LogP contribution < -0.4 is 0 Å².